The molecule has 0 amide bonds. The maximum absolute atomic E-state index is 7.33. The van der Waals surface area contributed by atoms with Gasteiger partial charge in [0.1, 0.15) is 0 Å². The molecule has 0 aromatic carbocycles. The van der Waals surface area contributed by atoms with Crippen molar-refractivity contribution in [1.29, 1.82) is 0 Å². The van der Waals surface area contributed by atoms with Gasteiger partial charge in [-0.05, 0) is 0 Å². The molecule has 0 aromatic heterocycles. The normalized spacial score (nSPS) is 8.57. The van der Waals surface area contributed by atoms with Crippen LogP contribution in [0.25, 0.3) is 0 Å². The molecule has 0 aliphatic heterocycles. The average Bonchev–Trinajstić information content (AvgIpc) is 0.722. The Morgan fingerprint density at radius 3 is 0.857 bits per heavy atom. The predicted octanol–water partition coefficient (Wildman–Crippen LogP) is -3.26. The van der Waals surface area contributed by atoms with Crippen molar-refractivity contribution in [3.63, 3.8) is 0 Å². The van der Waals surface area contributed by atoms with Crippen molar-refractivity contribution in [1.82, 2.24) is 0 Å². The predicted molar refractivity (Wildman–Crippen MR) is 21.8 cm³/mol. The zero-order chi connectivity index (χ0) is 4.50. The zero-order valence-corrected chi connectivity index (χ0v) is 4.53. The van der Waals surface area contributed by atoms with Crippen LogP contribution >= 0.6 is 0 Å². The molecule has 4 nitrogen and oxygen atoms in total. The molecule has 0 unspecified atom stereocenters. The van der Waals surface area contributed by atoms with Crippen molar-refractivity contribution >= 4 is 27.9 Å². The van der Waals surface area contributed by atoms with Crippen molar-refractivity contribution in [2.45, 2.75) is 0 Å². The standard InChI is InChI=1S/Cu.Li.H4O4Si.H/c;;1-5(2,3)4;/h;;1-4H;. The van der Waals surface area contributed by atoms with Crippen LogP contribution in [0.5, 0.6) is 0 Å². The van der Waals surface area contributed by atoms with Gasteiger partial charge >= 0.3 is 27.9 Å². The number of rotatable bonds is 0. The van der Waals surface area contributed by atoms with Gasteiger partial charge in [0.25, 0.3) is 0 Å². The summed E-state index contributed by atoms with van der Waals surface area (Å²) in [6.45, 7) is 0. The van der Waals surface area contributed by atoms with Crippen molar-refractivity contribution in [3.8, 4) is 0 Å². The van der Waals surface area contributed by atoms with E-state index in [-0.39, 0.29) is 35.9 Å². The third-order valence-electron chi connectivity index (χ3n) is 0. The van der Waals surface area contributed by atoms with Crippen LogP contribution in [0.3, 0.4) is 0 Å². The molecular weight excluding hydrogens is 163 g/mol. The van der Waals surface area contributed by atoms with E-state index in [4.69, 9.17) is 19.2 Å². The summed E-state index contributed by atoms with van der Waals surface area (Å²) in [6.07, 6.45) is 0. The number of hydrogen-bond acceptors (Lipinski definition) is 4. The average molecular weight is 168 g/mol. The van der Waals surface area contributed by atoms with Crippen molar-refractivity contribution < 1.29 is 36.3 Å². The SMILES string of the molecule is O[Si](O)(O)O.[Cu].[LiH]. The van der Waals surface area contributed by atoms with Crippen LogP contribution in [0.4, 0.5) is 0 Å². The second kappa shape index (κ2) is 5.31. The minimum atomic E-state index is -4.61. The monoisotopic (exact) mass is 167 g/mol. The fourth-order valence-corrected chi connectivity index (χ4v) is 0. The topological polar surface area (TPSA) is 80.9 Å². The van der Waals surface area contributed by atoms with Crippen LogP contribution < -0.4 is 0 Å². The van der Waals surface area contributed by atoms with Crippen LogP contribution in [0.15, 0.2) is 0 Å². The molecule has 0 fully saturated rings. The van der Waals surface area contributed by atoms with Crippen LogP contribution in [0, 0.1) is 0 Å². The zero-order valence-electron chi connectivity index (χ0n) is 2.59. The van der Waals surface area contributed by atoms with Gasteiger partial charge in [-0.2, -0.15) is 0 Å². The molecule has 0 heterocycles. The Kier molecular flexibility index (Phi) is 11.9. The molecule has 0 aromatic rings. The number of hydrogen-bond donors (Lipinski definition) is 4. The van der Waals surface area contributed by atoms with Gasteiger partial charge in [0.15, 0.2) is 0 Å². The van der Waals surface area contributed by atoms with E-state index >= 15 is 0 Å². The Hall–Kier alpha value is 1.17. The maximum atomic E-state index is 7.33. The van der Waals surface area contributed by atoms with E-state index in [1.54, 1.807) is 0 Å². The molecule has 0 spiro atoms. The van der Waals surface area contributed by atoms with Crippen LogP contribution in [-0.4, -0.2) is 47.1 Å². The summed E-state index contributed by atoms with van der Waals surface area (Å²) >= 11 is 0. The second-order valence-electron chi connectivity index (χ2n) is 0.600. The molecule has 0 aliphatic carbocycles. The van der Waals surface area contributed by atoms with Crippen LogP contribution in [-0.2, 0) is 17.1 Å². The van der Waals surface area contributed by atoms with E-state index in [1.165, 1.54) is 0 Å². The molecule has 0 bridgehead atoms. The summed E-state index contributed by atoms with van der Waals surface area (Å²) in [7, 11) is -4.61. The summed E-state index contributed by atoms with van der Waals surface area (Å²) in [5, 5.41) is 0. The van der Waals surface area contributed by atoms with E-state index in [1.807, 2.05) is 0 Å². The van der Waals surface area contributed by atoms with E-state index < -0.39 is 9.05 Å². The first-order valence-electron chi connectivity index (χ1n) is 0.894. The van der Waals surface area contributed by atoms with E-state index in [2.05, 4.69) is 0 Å². The van der Waals surface area contributed by atoms with Gasteiger partial charge in [0.05, 0.1) is 0 Å². The molecule has 4 N–H and O–H groups in total. The Morgan fingerprint density at radius 2 is 0.857 bits per heavy atom. The molecule has 0 saturated heterocycles. The van der Waals surface area contributed by atoms with E-state index in [0.717, 1.165) is 0 Å². The summed E-state index contributed by atoms with van der Waals surface area (Å²) in [4.78, 5) is 29.3. The van der Waals surface area contributed by atoms with Crippen LogP contribution in [0.1, 0.15) is 0 Å². The summed E-state index contributed by atoms with van der Waals surface area (Å²) in [5.74, 6) is 0. The molecule has 0 saturated carbocycles. The molecule has 0 rings (SSSR count). The minimum absolute atomic E-state index is 0. The van der Waals surface area contributed by atoms with Gasteiger partial charge < -0.3 is 19.2 Å². The second-order valence-corrected chi connectivity index (χ2v) is 1.80. The summed E-state index contributed by atoms with van der Waals surface area (Å²) < 4.78 is 0. The van der Waals surface area contributed by atoms with Crippen molar-refractivity contribution in [3.05, 3.63) is 0 Å². The Labute approximate surface area is 64.3 Å². The van der Waals surface area contributed by atoms with Gasteiger partial charge in [-0.1, -0.05) is 0 Å². The van der Waals surface area contributed by atoms with Crippen molar-refractivity contribution in [2.75, 3.05) is 0 Å². The fraction of sp³-hybridized carbons (Fsp3) is 0. The third-order valence-corrected chi connectivity index (χ3v) is 0. The van der Waals surface area contributed by atoms with Gasteiger partial charge in [-0.15, -0.1) is 0 Å². The molecule has 7 heteroatoms. The Balaban J connectivity index is -0.0000000800. The molecule has 0 aliphatic rings. The van der Waals surface area contributed by atoms with Gasteiger partial charge in [0, 0.05) is 17.1 Å². The van der Waals surface area contributed by atoms with Gasteiger partial charge in [-0.25, -0.2) is 0 Å². The first kappa shape index (κ1) is 15.7. The van der Waals surface area contributed by atoms with E-state index in [0.29, 0.717) is 0 Å². The summed E-state index contributed by atoms with van der Waals surface area (Å²) in [6, 6.07) is 0. The molecular formula is H5CuLiO4Si. The Bertz CT molecular complexity index is 27.2. The quantitative estimate of drug-likeness (QED) is 0.286. The first-order valence-corrected chi connectivity index (χ1v) is 2.68. The van der Waals surface area contributed by atoms with Crippen molar-refractivity contribution in [2.24, 2.45) is 0 Å². The Morgan fingerprint density at radius 1 is 0.857 bits per heavy atom. The van der Waals surface area contributed by atoms with Gasteiger partial charge in [0.2, 0.25) is 0 Å². The van der Waals surface area contributed by atoms with E-state index in [9.17, 15) is 0 Å². The summed E-state index contributed by atoms with van der Waals surface area (Å²) in [5.41, 5.74) is 0. The third kappa shape index (κ3) is 139. The molecule has 7 heavy (non-hydrogen) atoms. The van der Waals surface area contributed by atoms with Gasteiger partial charge in [-0.3, -0.25) is 0 Å². The molecule has 45 valence electrons. The van der Waals surface area contributed by atoms with Crippen LogP contribution in [0.2, 0.25) is 0 Å². The molecule has 0 atom stereocenters. The first-order chi connectivity index (χ1) is 2.00. The molecule has 1 radical (unpaired) electrons. The fourth-order valence-electron chi connectivity index (χ4n) is 0.